The maximum Gasteiger partial charge on any atom is 0.262 e. The first-order chi connectivity index (χ1) is 13.7. The fourth-order valence-electron chi connectivity index (χ4n) is 2.57. The van der Waals surface area contributed by atoms with Crippen LogP contribution in [0.25, 0.3) is 0 Å². The van der Waals surface area contributed by atoms with E-state index in [4.69, 9.17) is 0 Å². The van der Waals surface area contributed by atoms with E-state index in [1.807, 2.05) is 6.92 Å². The van der Waals surface area contributed by atoms with Crippen LogP contribution in [0.15, 0.2) is 53.4 Å². The molecule has 3 aromatic rings. The largest absolute Gasteiger partial charge is 0.370 e. The van der Waals surface area contributed by atoms with Crippen LogP contribution in [-0.2, 0) is 10.0 Å². The minimum Gasteiger partial charge on any atom is -0.370 e. The Labute approximate surface area is 167 Å². The van der Waals surface area contributed by atoms with E-state index in [1.165, 1.54) is 12.1 Å². The third kappa shape index (κ3) is 5.38. The van der Waals surface area contributed by atoms with Crippen LogP contribution >= 0.6 is 0 Å². The summed E-state index contributed by atoms with van der Waals surface area (Å²) in [5.41, 5.74) is 0.915. The lowest BCUT2D eigenvalue weighted by atomic mass is 10.3. The van der Waals surface area contributed by atoms with Gasteiger partial charge in [0.2, 0.25) is 0 Å². The maximum atomic E-state index is 13.3. The summed E-state index contributed by atoms with van der Waals surface area (Å²) < 4.78 is 53.6. The normalized spacial score (nSPS) is 11.2. The quantitative estimate of drug-likeness (QED) is 0.535. The lowest BCUT2D eigenvalue weighted by Gasteiger charge is -2.11. The standard InChI is InChI=1S/C19H19F2N5O2S/c1-3-22-18-11-19(24-12(2)23-18)25-15-4-6-16(7-5-15)26-29(27,28)17-9-13(20)8-14(21)10-17/h4-11,26H,3H2,1-2H3,(H2,22,23,24,25). The number of hydrogen-bond donors (Lipinski definition) is 3. The average Bonchev–Trinajstić information content (AvgIpc) is 2.62. The molecule has 1 heterocycles. The van der Waals surface area contributed by atoms with Crippen molar-refractivity contribution < 1.29 is 17.2 Å². The highest BCUT2D eigenvalue weighted by Crippen LogP contribution is 2.22. The zero-order chi connectivity index (χ0) is 21.0. The minimum atomic E-state index is -4.13. The topological polar surface area (TPSA) is 96.0 Å². The van der Waals surface area contributed by atoms with Gasteiger partial charge in [-0.1, -0.05) is 0 Å². The van der Waals surface area contributed by atoms with Gasteiger partial charge in [-0.05, 0) is 50.2 Å². The van der Waals surface area contributed by atoms with Crippen molar-refractivity contribution in [1.29, 1.82) is 0 Å². The molecule has 3 N–H and O–H groups in total. The highest BCUT2D eigenvalue weighted by atomic mass is 32.2. The molecule has 0 aliphatic carbocycles. The van der Waals surface area contributed by atoms with E-state index in [1.54, 1.807) is 25.1 Å². The van der Waals surface area contributed by atoms with Crippen molar-refractivity contribution in [2.24, 2.45) is 0 Å². The van der Waals surface area contributed by atoms with Gasteiger partial charge in [0, 0.05) is 30.1 Å². The van der Waals surface area contributed by atoms with E-state index >= 15 is 0 Å². The van der Waals surface area contributed by atoms with Crippen LogP contribution < -0.4 is 15.4 Å². The highest BCUT2D eigenvalue weighted by Gasteiger charge is 2.16. The van der Waals surface area contributed by atoms with Crippen LogP contribution in [0.1, 0.15) is 12.7 Å². The molecule has 0 atom stereocenters. The molecule has 0 fully saturated rings. The zero-order valence-electron chi connectivity index (χ0n) is 15.7. The highest BCUT2D eigenvalue weighted by molar-refractivity contribution is 7.92. The Morgan fingerprint density at radius 3 is 2.10 bits per heavy atom. The number of hydrogen-bond acceptors (Lipinski definition) is 6. The summed E-state index contributed by atoms with van der Waals surface area (Å²) in [6, 6.07) is 10.2. The molecule has 7 nitrogen and oxygen atoms in total. The average molecular weight is 419 g/mol. The van der Waals surface area contributed by atoms with Crippen LogP contribution in [0.4, 0.5) is 31.8 Å². The molecule has 0 radical (unpaired) electrons. The van der Waals surface area contributed by atoms with E-state index in [0.29, 0.717) is 29.2 Å². The molecule has 0 saturated heterocycles. The summed E-state index contributed by atoms with van der Waals surface area (Å²) in [7, 11) is -4.13. The molecule has 0 amide bonds. The van der Waals surface area contributed by atoms with Gasteiger partial charge in [0.1, 0.15) is 29.1 Å². The van der Waals surface area contributed by atoms with Gasteiger partial charge < -0.3 is 10.6 Å². The lowest BCUT2D eigenvalue weighted by Crippen LogP contribution is -2.13. The number of anilines is 4. The molecule has 0 saturated carbocycles. The number of nitrogens with zero attached hydrogens (tertiary/aromatic N) is 2. The summed E-state index contributed by atoms with van der Waals surface area (Å²) in [6.07, 6.45) is 0. The summed E-state index contributed by atoms with van der Waals surface area (Å²) >= 11 is 0. The van der Waals surface area contributed by atoms with Gasteiger partial charge in [0.05, 0.1) is 4.90 Å². The summed E-state index contributed by atoms with van der Waals surface area (Å²) in [4.78, 5) is 8.08. The smallest absolute Gasteiger partial charge is 0.262 e. The van der Waals surface area contributed by atoms with Crippen LogP contribution in [0, 0.1) is 18.6 Å². The van der Waals surface area contributed by atoms with E-state index in [9.17, 15) is 17.2 Å². The Bertz CT molecular complexity index is 1100. The summed E-state index contributed by atoms with van der Waals surface area (Å²) in [6.45, 7) is 4.46. The Morgan fingerprint density at radius 2 is 1.48 bits per heavy atom. The fraction of sp³-hybridized carbons (Fsp3) is 0.158. The molecule has 1 aromatic heterocycles. The number of aromatic nitrogens is 2. The van der Waals surface area contributed by atoms with Gasteiger partial charge in [0.15, 0.2) is 0 Å². The first-order valence-corrected chi connectivity index (χ1v) is 10.2. The van der Waals surface area contributed by atoms with Gasteiger partial charge in [-0.3, -0.25) is 4.72 Å². The lowest BCUT2D eigenvalue weighted by molar-refractivity contribution is 0.568. The Balaban J connectivity index is 1.75. The zero-order valence-corrected chi connectivity index (χ0v) is 16.5. The maximum absolute atomic E-state index is 13.3. The molecule has 0 unspecified atom stereocenters. The second kappa shape index (κ2) is 8.39. The van der Waals surface area contributed by atoms with Crippen LogP contribution in [0.2, 0.25) is 0 Å². The molecular weight excluding hydrogens is 400 g/mol. The first kappa shape index (κ1) is 20.5. The van der Waals surface area contributed by atoms with Crippen molar-refractivity contribution in [3.8, 4) is 0 Å². The van der Waals surface area contributed by atoms with Crippen molar-refractivity contribution in [1.82, 2.24) is 9.97 Å². The van der Waals surface area contributed by atoms with Crippen molar-refractivity contribution in [2.45, 2.75) is 18.7 Å². The number of benzene rings is 2. The number of rotatable bonds is 7. The predicted octanol–water partition coefficient (Wildman–Crippen LogP) is 4.04. The van der Waals surface area contributed by atoms with Crippen LogP contribution in [-0.4, -0.2) is 24.9 Å². The van der Waals surface area contributed by atoms with Gasteiger partial charge >= 0.3 is 0 Å². The fourth-order valence-corrected chi connectivity index (χ4v) is 3.67. The SMILES string of the molecule is CCNc1cc(Nc2ccc(NS(=O)(=O)c3cc(F)cc(F)c3)cc2)nc(C)n1. The number of nitrogens with one attached hydrogen (secondary N) is 3. The van der Waals surface area contributed by atoms with E-state index in [-0.39, 0.29) is 5.69 Å². The molecule has 0 aliphatic heterocycles. The van der Waals surface area contributed by atoms with Crippen molar-refractivity contribution >= 4 is 33.0 Å². The number of halogens is 2. The van der Waals surface area contributed by atoms with E-state index < -0.39 is 26.6 Å². The summed E-state index contributed by atoms with van der Waals surface area (Å²) in [5, 5.41) is 6.22. The molecule has 3 rings (SSSR count). The Morgan fingerprint density at radius 1 is 0.897 bits per heavy atom. The number of sulfonamides is 1. The van der Waals surface area contributed by atoms with Gasteiger partial charge in [-0.25, -0.2) is 27.2 Å². The van der Waals surface area contributed by atoms with E-state index in [2.05, 4.69) is 25.3 Å². The number of aryl methyl sites for hydroxylation is 1. The second-order valence-corrected chi connectivity index (χ2v) is 7.81. The molecular formula is C19H19F2N5O2S. The second-order valence-electron chi connectivity index (χ2n) is 6.13. The Hall–Kier alpha value is -3.27. The molecule has 2 aromatic carbocycles. The first-order valence-electron chi connectivity index (χ1n) is 8.71. The van der Waals surface area contributed by atoms with Crippen LogP contribution in [0.3, 0.4) is 0 Å². The van der Waals surface area contributed by atoms with Gasteiger partial charge in [0.25, 0.3) is 10.0 Å². The molecule has 152 valence electrons. The molecule has 0 aliphatic rings. The van der Waals surface area contributed by atoms with Crippen LogP contribution in [0.5, 0.6) is 0 Å². The third-order valence-electron chi connectivity index (χ3n) is 3.75. The molecule has 10 heteroatoms. The van der Waals surface area contributed by atoms with Crippen molar-refractivity contribution in [2.75, 3.05) is 21.9 Å². The molecule has 0 spiro atoms. The minimum absolute atomic E-state index is 0.243. The van der Waals surface area contributed by atoms with Crippen molar-refractivity contribution in [3.63, 3.8) is 0 Å². The van der Waals surface area contributed by atoms with Gasteiger partial charge in [-0.2, -0.15) is 0 Å². The monoisotopic (exact) mass is 419 g/mol. The summed E-state index contributed by atoms with van der Waals surface area (Å²) in [5.74, 6) is -0.0760. The predicted molar refractivity (Wildman–Crippen MR) is 108 cm³/mol. The van der Waals surface area contributed by atoms with Crippen molar-refractivity contribution in [3.05, 3.63) is 66.0 Å². The Kier molecular flexibility index (Phi) is 5.92. The molecule has 0 bridgehead atoms. The van der Waals surface area contributed by atoms with Gasteiger partial charge in [-0.15, -0.1) is 0 Å². The molecule has 29 heavy (non-hydrogen) atoms. The van der Waals surface area contributed by atoms with E-state index in [0.717, 1.165) is 18.7 Å². The third-order valence-corrected chi connectivity index (χ3v) is 5.11.